The zero-order chi connectivity index (χ0) is 13.5. The monoisotopic (exact) mass is 258 g/mol. The minimum absolute atomic E-state index is 0.692. The molecule has 0 spiro atoms. The van der Waals surface area contributed by atoms with E-state index in [9.17, 15) is 9.90 Å². The number of hydrogen-bond acceptors (Lipinski definition) is 2. The van der Waals surface area contributed by atoms with Crippen LogP contribution in [0.1, 0.15) is 43.5 Å². The predicted molar refractivity (Wildman–Crippen MR) is 73.2 cm³/mol. The highest BCUT2D eigenvalue weighted by atomic mass is 16.4. The fourth-order valence-corrected chi connectivity index (χ4v) is 3.22. The molecule has 1 saturated carbocycles. The van der Waals surface area contributed by atoms with Crippen molar-refractivity contribution >= 4 is 17.0 Å². The van der Waals surface area contributed by atoms with E-state index >= 15 is 0 Å². The van der Waals surface area contributed by atoms with Crippen LogP contribution in [0.5, 0.6) is 0 Å². The van der Waals surface area contributed by atoms with Gasteiger partial charge in [0.1, 0.15) is 5.82 Å². The first kappa shape index (κ1) is 12.2. The summed E-state index contributed by atoms with van der Waals surface area (Å²) in [6.45, 7) is 1.91. The summed E-state index contributed by atoms with van der Waals surface area (Å²) in [6.07, 6.45) is 4.60. The van der Waals surface area contributed by atoms with Crippen molar-refractivity contribution in [2.45, 2.75) is 44.4 Å². The summed E-state index contributed by atoms with van der Waals surface area (Å²) in [5, 5.41) is 9.69. The van der Waals surface area contributed by atoms with Crippen LogP contribution < -0.4 is 0 Å². The Labute approximate surface area is 111 Å². The van der Waals surface area contributed by atoms with Crippen molar-refractivity contribution in [2.24, 2.45) is 0 Å². The van der Waals surface area contributed by atoms with E-state index in [0.29, 0.717) is 0 Å². The van der Waals surface area contributed by atoms with Crippen molar-refractivity contribution in [1.82, 2.24) is 9.97 Å². The first-order chi connectivity index (χ1) is 9.12. The van der Waals surface area contributed by atoms with Gasteiger partial charge in [-0.05, 0) is 37.5 Å². The van der Waals surface area contributed by atoms with Crippen LogP contribution in [0.2, 0.25) is 0 Å². The molecule has 3 rings (SSSR count). The summed E-state index contributed by atoms with van der Waals surface area (Å²) in [5.41, 5.74) is 2.04. The van der Waals surface area contributed by atoms with E-state index in [4.69, 9.17) is 0 Å². The summed E-state index contributed by atoms with van der Waals surface area (Å²) in [5.74, 6) is 0.169. The molecule has 1 aliphatic carbocycles. The minimum Gasteiger partial charge on any atom is -0.481 e. The summed E-state index contributed by atoms with van der Waals surface area (Å²) in [7, 11) is 0. The molecule has 4 heteroatoms. The maximum Gasteiger partial charge on any atom is 0.314 e. The van der Waals surface area contributed by atoms with Crippen molar-refractivity contribution in [2.75, 3.05) is 0 Å². The Morgan fingerprint density at radius 2 is 2.05 bits per heavy atom. The Bertz CT molecular complexity index is 624. The number of aryl methyl sites for hydroxylation is 1. The van der Waals surface area contributed by atoms with E-state index < -0.39 is 11.4 Å². The second-order valence-corrected chi connectivity index (χ2v) is 5.50. The van der Waals surface area contributed by atoms with Crippen molar-refractivity contribution in [1.29, 1.82) is 0 Å². The Kier molecular flexibility index (Phi) is 2.81. The fourth-order valence-electron chi connectivity index (χ4n) is 3.22. The van der Waals surface area contributed by atoms with Crippen LogP contribution in [0.3, 0.4) is 0 Å². The van der Waals surface area contributed by atoms with Crippen molar-refractivity contribution in [3.63, 3.8) is 0 Å². The van der Waals surface area contributed by atoms with Gasteiger partial charge in [-0.2, -0.15) is 0 Å². The van der Waals surface area contributed by atoms with Gasteiger partial charge in [0.25, 0.3) is 0 Å². The molecular weight excluding hydrogens is 240 g/mol. The first-order valence-electron chi connectivity index (χ1n) is 6.82. The number of fused-ring (bicyclic) bond motifs is 1. The molecule has 1 aromatic heterocycles. The van der Waals surface area contributed by atoms with Gasteiger partial charge in [0.2, 0.25) is 0 Å². The largest absolute Gasteiger partial charge is 0.481 e. The van der Waals surface area contributed by atoms with Crippen molar-refractivity contribution in [3.05, 3.63) is 29.6 Å². The third-order valence-corrected chi connectivity index (χ3v) is 4.27. The highest BCUT2D eigenvalue weighted by Gasteiger charge is 2.41. The number of hydrogen-bond donors (Lipinski definition) is 2. The van der Waals surface area contributed by atoms with E-state index in [2.05, 4.69) is 9.97 Å². The van der Waals surface area contributed by atoms with Gasteiger partial charge < -0.3 is 10.1 Å². The molecule has 0 saturated heterocycles. The van der Waals surface area contributed by atoms with E-state index in [0.717, 1.165) is 54.5 Å². The molecule has 2 N–H and O–H groups in total. The molecule has 1 aliphatic rings. The molecule has 2 aromatic rings. The summed E-state index contributed by atoms with van der Waals surface area (Å²) in [6, 6.07) is 5.82. The van der Waals surface area contributed by atoms with Crippen molar-refractivity contribution < 1.29 is 9.90 Å². The SMILES string of the molecule is Cc1nc2ccc(C3(C(=O)O)CCCCC3)cc2[nH]1. The minimum atomic E-state index is -0.703. The van der Waals surface area contributed by atoms with Crippen LogP contribution >= 0.6 is 0 Å². The van der Waals surface area contributed by atoms with E-state index in [1.165, 1.54) is 0 Å². The van der Waals surface area contributed by atoms with Crippen molar-refractivity contribution in [3.8, 4) is 0 Å². The number of H-pyrrole nitrogens is 1. The van der Waals surface area contributed by atoms with Gasteiger partial charge in [-0.15, -0.1) is 0 Å². The average molecular weight is 258 g/mol. The van der Waals surface area contributed by atoms with Gasteiger partial charge in [-0.1, -0.05) is 25.3 Å². The van der Waals surface area contributed by atoms with Gasteiger partial charge in [0.05, 0.1) is 16.4 Å². The Morgan fingerprint density at radius 3 is 2.74 bits per heavy atom. The topological polar surface area (TPSA) is 66.0 Å². The zero-order valence-corrected chi connectivity index (χ0v) is 11.1. The molecule has 0 radical (unpaired) electrons. The number of carboxylic acids is 1. The van der Waals surface area contributed by atoms with Crippen LogP contribution in [0, 0.1) is 6.92 Å². The lowest BCUT2D eigenvalue weighted by Crippen LogP contribution is -2.37. The number of carbonyl (C=O) groups is 1. The molecule has 1 aromatic carbocycles. The molecule has 0 unspecified atom stereocenters. The lowest BCUT2D eigenvalue weighted by Gasteiger charge is -2.33. The zero-order valence-electron chi connectivity index (χ0n) is 11.1. The molecule has 0 aliphatic heterocycles. The van der Waals surface area contributed by atoms with E-state index in [1.54, 1.807) is 0 Å². The standard InChI is InChI=1S/C15H18N2O2/c1-10-16-12-6-5-11(9-13(12)17-10)15(14(18)19)7-3-2-4-8-15/h5-6,9H,2-4,7-8H2,1H3,(H,16,17)(H,18,19). The predicted octanol–water partition coefficient (Wildman–Crippen LogP) is 3.16. The number of imidazole rings is 1. The van der Waals surface area contributed by atoms with Gasteiger partial charge in [-0.25, -0.2) is 4.98 Å². The molecule has 100 valence electrons. The smallest absolute Gasteiger partial charge is 0.314 e. The quantitative estimate of drug-likeness (QED) is 0.869. The molecule has 0 amide bonds. The maximum atomic E-state index is 11.8. The van der Waals surface area contributed by atoms with Crippen LogP contribution in [-0.4, -0.2) is 21.0 Å². The molecule has 0 atom stereocenters. The second-order valence-electron chi connectivity index (χ2n) is 5.50. The average Bonchev–Trinajstić information content (AvgIpc) is 2.78. The number of benzene rings is 1. The second kappa shape index (κ2) is 4.37. The number of aromatic amines is 1. The Hall–Kier alpha value is -1.84. The summed E-state index contributed by atoms with van der Waals surface area (Å²) >= 11 is 0. The molecule has 1 heterocycles. The Balaban J connectivity index is 2.11. The van der Waals surface area contributed by atoms with Crippen LogP contribution in [0.4, 0.5) is 0 Å². The molecule has 1 fully saturated rings. The highest BCUT2D eigenvalue weighted by molar-refractivity contribution is 5.84. The fraction of sp³-hybridized carbons (Fsp3) is 0.467. The van der Waals surface area contributed by atoms with Gasteiger partial charge in [0, 0.05) is 0 Å². The Morgan fingerprint density at radius 1 is 1.32 bits per heavy atom. The summed E-state index contributed by atoms with van der Waals surface area (Å²) in [4.78, 5) is 19.3. The molecule has 4 nitrogen and oxygen atoms in total. The lowest BCUT2D eigenvalue weighted by atomic mass is 9.69. The normalized spacial score (nSPS) is 18.6. The maximum absolute atomic E-state index is 11.8. The van der Waals surface area contributed by atoms with Crippen LogP contribution in [0.15, 0.2) is 18.2 Å². The molecule has 0 bridgehead atoms. The third-order valence-electron chi connectivity index (χ3n) is 4.27. The lowest BCUT2D eigenvalue weighted by molar-refractivity contribution is -0.145. The summed E-state index contributed by atoms with van der Waals surface area (Å²) < 4.78 is 0. The third kappa shape index (κ3) is 1.91. The molecular formula is C15H18N2O2. The number of nitrogens with one attached hydrogen (secondary N) is 1. The number of rotatable bonds is 2. The van der Waals surface area contributed by atoms with Crippen LogP contribution in [0.25, 0.3) is 11.0 Å². The first-order valence-corrected chi connectivity index (χ1v) is 6.82. The highest BCUT2D eigenvalue weighted by Crippen LogP contribution is 2.40. The van der Waals surface area contributed by atoms with E-state index in [-0.39, 0.29) is 0 Å². The van der Waals surface area contributed by atoms with Crippen LogP contribution in [-0.2, 0) is 10.2 Å². The number of aliphatic carboxylic acids is 1. The number of aromatic nitrogens is 2. The number of carboxylic acid groups (broad SMARTS) is 1. The van der Waals surface area contributed by atoms with E-state index in [1.807, 2.05) is 25.1 Å². The number of nitrogens with zero attached hydrogens (tertiary/aromatic N) is 1. The van der Waals surface area contributed by atoms with Gasteiger partial charge in [0.15, 0.2) is 0 Å². The van der Waals surface area contributed by atoms with Gasteiger partial charge in [-0.3, -0.25) is 4.79 Å². The molecule has 19 heavy (non-hydrogen) atoms. The van der Waals surface area contributed by atoms with Gasteiger partial charge >= 0.3 is 5.97 Å².